The second-order valence-electron chi connectivity index (χ2n) is 5.29. The van der Waals surface area contributed by atoms with E-state index in [4.69, 9.17) is 0 Å². The van der Waals surface area contributed by atoms with Gasteiger partial charge in [-0.05, 0) is 43.5 Å². The van der Waals surface area contributed by atoms with E-state index in [2.05, 4.69) is 34.5 Å². The molecule has 2 aliphatic heterocycles. The highest BCUT2D eigenvalue weighted by Gasteiger charge is 2.19. The number of amides is 1. The summed E-state index contributed by atoms with van der Waals surface area (Å²) in [6.45, 7) is 4.41. The fraction of sp³-hybridized carbons (Fsp3) is 0.533. The number of benzene rings is 1. The second kappa shape index (κ2) is 5.61. The molecule has 0 unspecified atom stereocenters. The van der Waals surface area contributed by atoms with Crippen molar-refractivity contribution in [1.29, 1.82) is 0 Å². The second-order valence-corrected chi connectivity index (χ2v) is 5.29. The Bertz CT molecular complexity index is 437. The third kappa shape index (κ3) is 2.73. The summed E-state index contributed by atoms with van der Waals surface area (Å²) in [5, 5.41) is 3.10. The van der Waals surface area contributed by atoms with Gasteiger partial charge in [-0.2, -0.15) is 0 Å². The van der Waals surface area contributed by atoms with Crippen molar-refractivity contribution in [1.82, 2.24) is 5.32 Å². The van der Waals surface area contributed by atoms with Crippen LogP contribution in [0, 0.1) is 0 Å². The zero-order valence-electron chi connectivity index (χ0n) is 11.3. The Morgan fingerprint density at radius 3 is 2.26 bits per heavy atom. The monoisotopic (exact) mass is 259 g/mol. The first kappa shape index (κ1) is 12.5. The summed E-state index contributed by atoms with van der Waals surface area (Å²) in [5.74, 6) is 0.164. The molecule has 1 amide bonds. The summed E-state index contributed by atoms with van der Waals surface area (Å²) in [5.41, 5.74) is 2.30. The van der Waals surface area contributed by atoms with Crippen LogP contribution in [0.2, 0.25) is 0 Å². The molecule has 2 aliphatic rings. The summed E-state index contributed by atoms with van der Waals surface area (Å²) in [6, 6.07) is 8.45. The van der Waals surface area contributed by atoms with Gasteiger partial charge in [0.15, 0.2) is 0 Å². The highest BCUT2D eigenvalue weighted by molar-refractivity contribution is 5.95. The van der Waals surface area contributed by atoms with Crippen LogP contribution in [0.15, 0.2) is 24.3 Å². The minimum absolute atomic E-state index is 0.164. The molecule has 0 saturated carbocycles. The predicted molar refractivity (Wildman–Crippen MR) is 77.7 cm³/mol. The lowest BCUT2D eigenvalue weighted by Gasteiger charge is -2.30. The summed E-state index contributed by atoms with van der Waals surface area (Å²) >= 11 is 0. The highest BCUT2D eigenvalue weighted by Crippen LogP contribution is 2.24. The van der Waals surface area contributed by atoms with Crippen LogP contribution in [0.25, 0.3) is 0 Å². The maximum Gasteiger partial charge on any atom is 0.240 e. The lowest BCUT2D eigenvalue weighted by atomic mass is 10.1. The van der Waals surface area contributed by atoms with E-state index in [0.29, 0.717) is 6.54 Å². The minimum atomic E-state index is 0.164. The third-order valence-electron chi connectivity index (χ3n) is 3.97. The molecule has 1 aromatic carbocycles. The fourth-order valence-electron chi connectivity index (χ4n) is 2.87. The van der Waals surface area contributed by atoms with Crippen molar-refractivity contribution in [2.45, 2.75) is 19.3 Å². The SMILES string of the molecule is O=C1CNCCN1c1ccc(N2CCCCC2)cc1. The van der Waals surface area contributed by atoms with E-state index in [9.17, 15) is 4.79 Å². The first-order chi connectivity index (χ1) is 9.34. The van der Waals surface area contributed by atoms with Gasteiger partial charge in [0.25, 0.3) is 0 Å². The predicted octanol–water partition coefficient (Wildman–Crippen LogP) is 1.61. The zero-order valence-corrected chi connectivity index (χ0v) is 11.3. The van der Waals surface area contributed by atoms with E-state index in [0.717, 1.165) is 31.9 Å². The fourth-order valence-corrected chi connectivity index (χ4v) is 2.87. The molecule has 2 heterocycles. The van der Waals surface area contributed by atoms with Crippen LogP contribution in [0.5, 0.6) is 0 Å². The molecule has 1 N–H and O–H groups in total. The van der Waals surface area contributed by atoms with Crippen LogP contribution in [0.4, 0.5) is 11.4 Å². The molecule has 4 nitrogen and oxygen atoms in total. The van der Waals surface area contributed by atoms with E-state index in [1.54, 1.807) is 0 Å². The van der Waals surface area contributed by atoms with Crippen molar-refractivity contribution in [3.63, 3.8) is 0 Å². The van der Waals surface area contributed by atoms with Crippen molar-refractivity contribution in [3.8, 4) is 0 Å². The summed E-state index contributed by atoms with van der Waals surface area (Å²) < 4.78 is 0. The average molecular weight is 259 g/mol. The molecule has 0 aliphatic carbocycles. The Labute approximate surface area is 114 Å². The summed E-state index contributed by atoms with van der Waals surface area (Å²) in [6.07, 6.45) is 3.93. The van der Waals surface area contributed by atoms with Gasteiger partial charge < -0.3 is 15.1 Å². The van der Waals surface area contributed by atoms with Crippen LogP contribution < -0.4 is 15.1 Å². The van der Waals surface area contributed by atoms with E-state index >= 15 is 0 Å². The number of piperazine rings is 1. The first-order valence-electron chi connectivity index (χ1n) is 7.21. The van der Waals surface area contributed by atoms with Crippen molar-refractivity contribution in [3.05, 3.63) is 24.3 Å². The van der Waals surface area contributed by atoms with Gasteiger partial charge in [0.2, 0.25) is 5.91 Å². The van der Waals surface area contributed by atoms with Gasteiger partial charge in [-0.1, -0.05) is 0 Å². The standard InChI is InChI=1S/C15H21N3O/c19-15-12-16-8-11-18(15)14-6-4-13(5-7-14)17-9-2-1-3-10-17/h4-7,16H,1-3,8-12H2. The third-order valence-corrected chi connectivity index (χ3v) is 3.97. The largest absolute Gasteiger partial charge is 0.372 e. The molecule has 19 heavy (non-hydrogen) atoms. The van der Waals surface area contributed by atoms with Gasteiger partial charge in [0, 0.05) is 37.6 Å². The van der Waals surface area contributed by atoms with Crippen LogP contribution >= 0.6 is 0 Å². The lowest BCUT2D eigenvalue weighted by Crippen LogP contribution is -2.48. The first-order valence-corrected chi connectivity index (χ1v) is 7.21. The molecule has 0 spiro atoms. The van der Waals surface area contributed by atoms with Crippen molar-refractivity contribution >= 4 is 17.3 Å². The lowest BCUT2D eigenvalue weighted by molar-refractivity contribution is -0.118. The van der Waals surface area contributed by atoms with E-state index in [-0.39, 0.29) is 5.91 Å². The molecule has 0 atom stereocenters. The van der Waals surface area contributed by atoms with Crippen molar-refractivity contribution in [2.75, 3.05) is 42.5 Å². The van der Waals surface area contributed by atoms with Gasteiger partial charge in [0.1, 0.15) is 0 Å². The van der Waals surface area contributed by atoms with Gasteiger partial charge in [-0.3, -0.25) is 4.79 Å². The number of carbonyl (C=O) groups excluding carboxylic acids is 1. The molecule has 0 radical (unpaired) electrons. The summed E-state index contributed by atoms with van der Waals surface area (Å²) in [7, 11) is 0. The average Bonchev–Trinajstić information content (AvgIpc) is 2.49. The van der Waals surface area contributed by atoms with E-state index in [1.807, 2.05) is 4.90 Å². The Hall–Kier alpha value is -1.55. The Morgan fingerprint density at radius 1 is 0.895 bits per heavy atom. The van der Waals surface area contributed by atoms with Crippen LogP contribution in [0.3, 0.4) is 0 Å². The summed E-state index contributed by atoms with van der Waals surface area (Å²) in [4.78, 5) is 16.1. The number of nitrogens with one attached hydrogen (secondary N) is 1. The molecule has 0 aromatic heterocycles. The molecule has 3 rings (SSSR count). The number of carbonyl (C=O) groups is 1. The van der Waals surface area contributed by atoms with Crippen LogP contribution in [-0.4, -0.2) is 38.6 Å². The topological polar surface area (TPSA) is 35.6 Å². The molecule has 0 bridgehead atoms. The van der Waals surface area contributed by atoms with Crippen LogP contribution in [0.1, 0.15) is 19.3 Å². The molecule has 4 heteroatoms. The van der Waals surface area contributed by atoms with Crippen molar-refractivity contribution in [2.24, 2.45) is 0 Å². The molecular weight excluding hydrogens is 238 g/mol. The van der Waals surface area contributed by atoms with Crippen LogP contribution in [-0.2, 0) is 4.79 Å². The zero-order chi connectivity index (χ0) is 13.1. The quantitative estimate of drug-likeness (QED) is 0.876. The highest BCUT2D eigenvalue weighted by atomic mass is 16.2. The smallest absolute Gasteiger partial charge is 0.240 e. The number of hydrogen-bond donors (Lipinski definition) is 1. The van der Waals surface area contributed by atoms with Crippen molar-refractivity contribution < 1.29 is 4.79 Å². The van der Waals surface area contributed by atoms with Gasteiger partial charge in [-0.25, -0.2) is 0 Å². The van der Waals surface area contributed by atoms with Gasteiger partial charge in [-0.15, -0.1) is 0 Å². The number of piperidine rings is 1. The van der Waals surface area contributed by atoms with E-state index in [1.165, 1.54) is 24.9 Å². The maximum atomic E-state index is 11.8. The molecule has 2 saturated heterocycles. The number of anilines is 2. The Balaban J connectivity index is 1.72. The molecule has 1 aromatic rings. The molecule has 102 valence electrons. The molecule has 2 fully saturated rings. The number of rotatable bonds is 2. The normalized spacial score (nSPS) is 20.7. The van der Waals surface area contributed by atoms with Gasteiger partial charge in [0.05, 0.1) is 6.54 Å². The number of nitrogens with zero attached hydrogens (tertiary/aromatic N) is 2. The molecular formula is C15H21N3O. The Kier molecular flexibility index (Phi) is 3.69. The van der Waals surface area contributed by atoms with Gasteiger partial charge >= 0.3 is 0 Å². The number of hydrogen-bond acceptors (Lipinski definition) is 3. The minimum Gasteiger partial charge on any atom is -0.372 e. The maximum absolute atomic E-state index is 11.8. The van der Waals surface area contributed by atoms with E-state index < -0.39 is 0 Å². The Morgan fingerprint density at radius 2 is 1.58 bits per heavy atom.